The highest BCUT2D eigenvalue weighted by atomic mass is 16.4. The Morgan fingerprint density at radius 3 is 2.38 bits per heavy atom. The molecule has 68 valence electrons. The molecule has 1 aliphatic rings. The lowest BCUT2D eigenvalue weighted by atomic mass is 9.79. The summed E-state index contributed by atoms with van der Waals surface area (Å²) in [7, 11) is 0. The SMILES string of the molecule is ON=C(c1ccccc1)C1CCC1. The van der Waals surface area contributed by atoms with E-state index in [9.17, 15) is 0 Å². The van der Waals surface area contributed by atoms with Crippen LogP contribution in [0.5, 0.6) is 0 Å². The highest BCUT2D eigenvalue weighted by Crippen LogP contribution is 2.30. The van der Waals surface area contributed by atoms with Crippen LogP contribution in [0.15, 0.2) is 35.5 Å². The van der Waals surface area contributed by atoms with Crippen molar-refractivity contribution in [1.82, 2.24) is 0 Å². The van der Waals surface area contributed by atoms with Gasteiger partial charge in [0.2, 0.25) is 0 Å². The molecular formula is C11H13NO. The molecule has 0 aliphatic heterocycles. The van der Waals surface area contributed by atoms with Gasteiger partial charge in [0.05, 0.1) is 5.71 Å². The molecule has 0 spiro atoms. The first-order valence-corrected chi connectivity index (χ1v) is 4.69. The lowest BCUT2D eigenvalue weighted by Gasteiger charge is -2.25. The molecule has 0 radical (unpaired) electrons. The van der Waals surface area contributed by atoms with Crippen LogP contribution >= 0.6 is 0 Å². The first kappa shape index (κ1) is 8.30. The Hall–Kier alpha value is -1.31. The fourth-order valence-electron chi connectivity index (χ4n) is 1.67. The molecular weight excluding hydrogens is 162 g/mol. The number of nitrogens with zero attached hydrogens (tertiary/aromatic N) is 1. The van der Waals surface area contributed by atoms with Crippen molar-refractivity contribution in [1.29, 1.82) is 0 Å². The second-order valence-electron chi connectivity index (χ2n) is 3.48. The predicted octanol–water partition coefficient (Wildman–Crippen LogP) is 2.67. The maximum absolute atomic E-state index is 8.90. The molecule has 1 N–H and O–H groups in total. The minimum absolute atomic E-state index is 0.479. The minimum atomic E-state index is 0.479. The summed E-state index contributed by atoms with van der Waals surface area (Å²) in [6.07, 6.45) is 3.58. The first-order chi connectivity index (χ1) is 6.42. The number of rotatable bonds is 2. The van der Waals surface area contributed by atoms with Gasteiger partial charge in [-0.05, 0) is 18.4 Å². The van der Waals surface area contributed by atoms with Crippen molar-refractivity contribution >= 4 is 5.71 Å². The Kier molecular flexibility index (Phi) is 2.30. The van der Waals surface area contributed by atoms with Gasteiger partial charge < -0.3 is 5.21 Å². The average Bonchev–Trinajstić information content (AvgIpc) is 2.12. The van der Waals surface area contributed by atoms with Crippen molar-refractivity contribution in [3.05, 3.63) is 35.9 Å². The topological polar surface area (TPSA) is 32.6 Å². The Morgan fingerprint density at radius 1 is 1.23 bits per heavy atom. The summed E-state index contributed by atoms with van der Waals surface area (Å²) < 4.78 is 0. The summed E-state index contributed by atoms with van der Waals surface area (Å²) >= 11 is 0. The van der Waals surface area contributed by atoms with Crippen molar-refractivity contribution in [2.75, 3.05) is 0 Å². The van der Waals surface area contributed by atoms with Crippen molar-refractivity contribution in [2.45, 2.75) is 19.3 Å². The molecule has 2 heteroatoms. The summed E-state index contributed by atoms with van der Waals surface area (Å²) in [6, 6.07) is 9.90. The van der Waals surface area contributed by atoms with Crippen LogP contribution in [0.4, 0.5) is 0 Å². The molecule has 0 saturated heterocycles. The molecule has 2 rings (SSSR count). The second kappa shape index (κ2) is 3.60. The largest absolute Gasteiger partial charge is 0.411 e. The molecule has 2 nitrogen and oxygen atoms in total. The maximum atomic E-state index is 8.90. The molecule has 1 aromatic rings. The van der Waals surface area contributed by atoms with Crippen molar-refractivity contribution in [2.24, 2.45) is 11.1 Å². The Bertz CT molecular complexity index is 301. The van der Waals surface area contributed by atoms with E-state index in [4.69, 9.17) is 5.21 Å². The number of benzene rings is 1. The van der Waals surface area contributed by atoms with Crippen LogP contribution in [0, 0.1) is 5.92 Å². The van der Waals surface area contributed by atoms with E-state index in [0.29, 0.717) is 5.92 Å². The van der Waals surface area contributed by atoms with Gasteiger partial charge in [0, 0.05) is 5.92 Å². The fourth-order valence-corrected chi connectivity index (χ4v) is 1.67. The van der Waals surface area contributed by atoms with E-state index in [2.05, 4.69) is 5.16 Å². The van der Waals surface area contributed by atoms with E-state index in [-0.39, 0.29) is 0 Å². The maximum Gasteiger partial charge on any atom is 0.0898 e. The van der Waals surface area contributed by atoms with Crippen LogP contribution in [0.3, 0.4) is 0 Å². The third-order valence-corrected chi connectivity index (χ3v) is 2.67. The third-order valence-electron chi connectivity index (χ3n) is 2.67. The van der Waals surface area contributed by atoms with Crippen LogP contribution in [0.25, 0.3) is 0 Å². The first-order valence-electron chi connectivity index (χ1n) is 4.69. The molecule has 0 amide bonds. The van der Waals surface area contributed by atoms with Gasteiger partial charge >= 0.3 is 0 Å². The molecule has 13 heavy (non-hydrogen) atoms. The lowest BCUT2D eigenvalue weighted by Crippen LogP contribution is -2.22. The van der Waals surface area contributed by atoms with E-state index in [1.165, 1.54) is 6.42 Å². The number of oxime groups is 1. The molecule has 0 heterocycles. The van der Waals surface area contributed by atoms with E-state index < -0.39 is 0 Å². The van der Waals surface area contributed by atoms with Gasteiger partial charge in [-0.3, -0.25) is 0 Å². The van der Waals surface area contributed by atoms with Crippen LogP contribution < -0.4 is 0 Å². The molecule has 1 aliphatic carbocycles. The van der Waals surface area contributed by atoms with Crippen molar-refractivity contribution in [3.63, 3.8) is 0 Å². The Balaban J connectivity index is 2.22. The van der Waals surface area contributed by atoms with E-state index in [0.717, 1.165) is 24.1 Å². The molecule has 0 bridgehead atoms. The normalized spacial score (nSPS) is 18.3. The van der Waals surface area contributed by atoms with E-state index in [1.54, 1.807) is 0 Å². The minimum Gasteiger partial charge on any atom is -0.411 e. The average molecular weight is 175 g/mol. The summed E-state index contributed by atoms with van der Waals surface area (Å²) in [4.78, 5) is 0. The van der Waals surface area contributed by atoms with Crippen molar-refractivity contribution in [3.8, 4) is 0 Å². The molecule has 0 unspecified atom stereocenters. The molecule has 1 aromatic carbocycles. The lowest BCUT2D eigenvalue weighted by molar-refractivity contribution is 0.306. The smallest absolute Gasteiger partial charge is 0.0898 e. The standard InChI is InChI=1S/C11H13NO/c13-12-11(10-7-4-8-10)9-5-2-1-3-6-9/h1-3,5-6,10,13H,4,7-8H2. The highest BCUT2D eigenvalue weighted by molar-refractivity contribution is 6.02. The fraction of sp³-hybridized carbons (Fsp3) is 0.364. The highest BCUT2D eigenvalue weighted by Gasteiger charge is 2.24. The molecule has 1 saturated carbocycles. The second-order valence-corrected chi connectivity index (χ2v) is 3.48. The van der Waals surface area contributed by atoms with Gasteiger partial charge in [-0.1, -0.05) is 41.9 Å². The zero-order valence-electron chi connectivity index (χ0n) is 7.48. The zero-order valence-corrected chi connectivity index (χ0v) is 7.48. The number of hydrogen-bond acceptors (Lipinski definition) is 2. The van der Waals surface area contributed by atoms with Crippen LogP contribution in [-0.2, 0) is 0 Å². The van der Waals surface area contributed by atoms with Gasteiger partial charge in [-0.2, -0.15) is 0 Å². The zero-order chi connectivity index (χ0) is 9.10. The molecule has 1 fully saturated rings. The number of hydrogen-bond donors (Lipinski definition) is 1. The van der Waals surface area contributed by atoms with Gasteiger partial charge in [0.15, 0.2) is 0 Å². The molecule has 0 atom stereocenters. The van der Waals surface area contributed by atoms with Crippen LogP contribution in [-0.4, -0.2) is 10.9 Å². The van der Waals surface area contributed by atoms with Crippen LogP contribution in [0.1, 0.15) is 24.8 Å². The van der Waals surface area contributed by atoms with Gasteiger partial charge in [-0.15, -0.1) is 0 Å². The summed E-state index contributed by atoms with van der Waals surface area (Å²) in [5, 5.41) is 12.3. The van der Waals surface area contributed by atoms with E-state index in [1.807, 2.05) is 30.3 Å². The van der Waals surface area contributed by atoms with Crippen molar-refractivity contribution < 1.29 is 5.21 Å². The monoisotopic (exact) mass is 175 g/mol. The Morgan fingerprint density at radius 2 is 1.92 bits per heavy atom. The van der Waals surface area contributed by atoms with E-state index >= 15 is 0 Å². The van der Waals surface area contributed by atoms with Gasteiger partial charge in [0.25, 0.3) is 0 Å². The Labute approximate surface area is 77.9 Å². The van der Waals surface area contributed by atoms with Crippen LogP contribution in [0.2, 0.25) is 0 Å². The van der Waals surface area contributed by atoms with Gasteiger partial charge in [0.1, 0.15) is 0 Å². The predicted molar refractivity (Wildman–Crippen MR) is 52.1 cm³/mol. The summed E-state index contributed by atoms with van der Waals surface area (Å²) in [6.45, 7) is 0. The summed E-state index contributed by atoms with van der Waals surface area (Å²) in [5.74, 6) is 0.479. The summed E-state index contributed by atoms with van der Waals surface area (Å²) in [5.41, 5.74) is 1.90. The van der Waals surface area contributed by atoms with Gasteiger partial charge in [-0.25, -0.2) is 0 Å². The quantitative estimate of drug-likeness (QED) is 0.418. The third kappa shape index (κ3) is 1.57. The molecule has 0 aromatic heterocycles.